The summed E-state index contributed by atoms with van der Waals surface area (Å²) in [5.41, 5.74) is -0.655. The molecule has 0 amide bonds. The van der Waals surface area contributed by atoms with Crippen LogP contribution in [0.25, 0.3) is 0 Å². The number of benzene rings is 1. The molecule has 0 bridgehead atoms. The highest BCUT2D eigenvalue weighted by atomic mass is 16.6. The number of aryl methyl sites for hydroxylation is 2. The van der Waals surface area contributed by atoms with Gasteiger partial charge in [-0.2, -0.15) is 5.26 Å². The summed E-state index contributed by atoms with van der Waals surface area (Å²) in [6, 6.07) is 7.66. The lowest BCUT2D eigenvalue weighted by molar-refractivity contribution is -0.384. The molecule has 1 heterocycles. The average molecular weight is 286 g/mol. The Bertz CT molecular complexity index is 827. The van der Waals surface area contributed by atoms with Crippen LogP contribution in [0.5, 0.6) is 0 Å². The van der Waals surface area contributed by atoms with Crippen LogP contribution < -0.4 is 11.2 Å². The van der Waals surface area contributed by atoms with Crippen LogP contribution in [0.15, 0.2) is 40.1 Å². The Kier molecular flexibility index (Phi) is 3.95. The van der Waals surface area contributed by atoms with Gasteiger partial charge in [0.2, 0.25) is 0 Å². The molecule has 0 aliphatic heterocycles. The third-order valence-electron chi connectivity index (χ3n) is 2.92. The number of aromatic amines is 1. The highest BCUT2D eigenvalue weighted by molar-refractivity contribution is 5.32. The maximum Gasteiger partial charge on any atom is 0.328 e. The summed E-state index contributed by atoms with van der Waals surface area (Å²) >= 11 is 0. The predicted molar refractivity (Wildman–Crippen MR) is 72.8 cm³/mol. The molecule has 0 aliphatic carbocycles. The molecule has 8 heteroatoms. The second-order valence-electron chi connectivity index (χ2n) is 4.28. The molecule has 1 aromatic heterocycles. The van der Waals surface area contributed by atoms with E-state index in [4.69, 9.17) is 5.26 Å². The Morgan fingerprint density at radius 1 is 1.29 bits per heavy atom. The van der Waals surface area contributed by atoms with Gasteiger partial charge in [-0.15, -0.1) is 0 Å². The first kappa shape index (κ1) is 14.2. The van der Waals surface area contributed by atoms with Crippen LogP contribution in [-0.2, 0) is 13.0 Å². The molecule has 0 atom stereocenters. The number of nitro groups is 1. The summed E-state index contributed by atoms with van der Waals surface area (Å²) in [5, 5.41) is 19.3. The van der Waals surface area contributed by atoms with Gasteiger partial charge >= 0.3 is 5.69 Å². The van der Waals surface area contributed by atoms with Crippen molar-refractivity contribution in [1.82, 2.24) is 9.55 Å². The summed E-state index contributed by atoms with van der Waals surface area (Å²) in [5.74, 6) is 0. The zero-order valence-corrected chi connectivity index (χ0v) is 10.8. The van der Waals surface area contributed by atoms with E-state index < -0.39 is 16.2 Å². The van der Waals surface area contributed by atoms with Crippen molar-refractivity contribution in [2.45, 2.75) is 13.0 Å². The summed E-state index contributed by atoms with van der Waals surface area (Å²) in [6.07, 6.45) is 1.64. The molecule has 106 valence electrons. The zero-order valence-electron chi connectivity index (χ0n) is 10.8. The van der Waals surface area contributed by atoms with Crippen molar-refractivity contribution in [1.29, 1.82) is 5.26 Å². The third-order valence-corrected chi connectivity index (χ3v) is 2.92. The van der Waals surface area contributed by atoms with E-state index in [1.807, 2.05) is 0 Å². The maximum atomic E-state index is 11.6. The second kappa shape index (κ2) is 5.83. The molecular formula is C13H10N4O4. The minimum Gasteiger partial charge on any atom is -0.299 e. The van der Waals surface area contributed by atoms with Crippen LogP contribution in [0.1, 0.15) is 11.1 Å². The summed E-state index contributed by atoms with van der Waals surface area (Å²) in [4.78, 5) is 34.9. The maximum absolute atomic E-state index is 11.6. The third kappa shape index (κ3) is 3.22. The minimum atomic E-state index is -0.714. The first-order chi connectivity index (χ1) is 10.0. The van der Waals surface area contributed by atoms with Gasteiger partial charge in [-0.1, -0.05) is 12.1 Å². The quantitative estimate of drug-likeness (QED) is 0.650. The molecule has 0 spiro atoms. The Labute approximate surface area is 118 Å². The molecule has 0 saturated carbocycles. The molecule has 21 heavy (non-hydrogen) atoms. The van der Waals surface area contributed by atoms with Crippen molar-refractivity contribution in [2.75, 3.05) is 0 Å². The molecule has 8 nitrogen and oxygen atoms in total. The molecule has 0 aliphatic rings. The number of nitrogens with one attached hydrogen (secondary N) is 1. The Morgan fingerprint density at radius 3 is 2.52 bits per heavy atom. The lowest BCUT2D eigenvalue weighted by Gasteiger charge is -2.05. The van der Waals surface area contributed by atoms with Crippen molar-refractivity contribution in [3.8, 4) is 6.07 Å². The standard InChI is InChI=1S/C13H10N4O4/c14-7-10-8-16(13(19)15-12(10)18)6-5-9-1-3-11(4-2-9)17(20)21/h1-4,8H,5-6H2,(H,15,18,19). The molecule has 0 saturated heterocycles. The summed E-state index contributed by atoms with van der Waals surface area (Å²) in [6.45, 7) is 0.252. The first-order valence-corrected chi connectivity index (χ1v) is 5.98. The van der Waals surface area contributed by atoms with E-state index in [-0.39, 0.29) is 17.8 Å². The van der Waals surface area contributed by atoms with E-state index in [1.165, 1.54) is 22.9 Å². The van der Waals surface area contributed by atoms with Crippen LogP contribution in [0, 0.1) is 21.4 Å². The highest BCUT2D eigenvalue weighted by Gasteiger charge is 2.06. The Balaban J connectivity index is 2.17. The molecule has 1 N–H and O–H groups in total. The number of aromatic nitrogens is 2. The van der Waals surface area contributed by atoms with Gasteiger partial charge in [0.15, 0.2) is 0 Å². The lowest BCUT2D eigenvalue weighted by atomic mass is 10.1. The van der Waals surface area contributed by atoms with Gasteiger partial charge in [-0.05, 0) is 12.0 Å². The smallest absolute Gasteiger partial charge is 0.299 e. The molecule has 2 aromatic rings. The number of non-ortho nitro benzene ring substituents is 1. The molecule has 0 radical (unpaired) electrons. The van der Waals surface area contributed by atoms with E-state index in [2.05, 4.69) is 4.98 Å². The van der Waals surface area contributed by atoms with Gasteiger partial charge in [0.05, 0.1) is 4.92 Å². The predicted octanol–water partition coefficient (Wildman–Crippen LogP) is 0.559. The van der Waals surface area contributed by atoms with Gasteiger partial charge in [0.25, 0.3) is 11.2 Å². The number of hydrogen-bond acceptors (Lipinski definition) is 5. The number of nitriles is 1. The monoisotopic (exact) mass is 286 g/mol. The number of rotatable bonds is 4. The van der Waals surface area contributed by atoms with Crippen LogP contribution in [0.3, 0.4) is 0 Å². The number of H-pyrrole nitrogens is 1. The van der Waals surface area contributed by atoms with Gasteiger partial charge < -0.3 is 0 Å². The van der Waals surface area contributed by atoms with Crippen molar-refractivity contribution in [3.05, 3.63) is 72.5 Å². The molecule has 0 unspecified atom stereocenters. The van der Waals surface area contributed by atoms with E-state index >= 15 is 0 Å². The fourth-order valence-electron chi connectivity index (χ4n) is 1.79. The Hall–Kier alpha value is -3.21. The van der Waals surface area contributed by atoms with Crippen molar-refractivity contribution in [3.63, 3.8) is 0 Å². The fourth-order valence-corrected chi connectivity index (χ4v) is 1.79. The van der Waals surface area contributed by atoms with Gasteiger partial charge in [0.1, 0.15) is 11.6 Å². The lowest BCUT2D eigenvalue weighted by Crippen LogP contribution is -2.31. The zero-order chi connectivity index (χ0) is 15.4. The van der Waals surface area contributed by atoms with Gasteiger partial charge in [0, 0.05) is 24.9 Å². The molecular weight excluding hydrogens is 276 g/mol. The summed E-state index contributed by atoms with van der Waals surface area (Å²) < 4.78 is 1.22. The van der Waals surface area contributed by atoms with E-state index in [0.717, 1.165) is 5.56 Å². The van der Waals surface area contributed by atoms with Crippen LogP contribution in [0.2, 0.25) is 0 Å². The van der Waals surface area contributed by atoms with E-state index in [1.54, 1.807) is 18.2 Å². The number of nitro benzene ring substituents is 1. The molecule has 0 fully saturated rings. The minimum absolute atomic E-state index is 0.00766. The molecule has 1 aromatic carbocycles. The largest absolute Gasteiger partial charge is 0.328 e. The SMILES string of the molecule is N#Cc1cn(CCc2ccc([N+](=O)[O-])cc2)c(=O)[nH]c1=O. The second-order valence-corrected chi connectivity index (χ2v) is 4.28. The van der Waals surface area contributed by atoms with Crippen molar-refractivity contribution < 1.29 is 4.92 Å². The average Bonchev–Trinajstić information content (AvgIpc) is 2.47. The number of nitrogens with zero attached hydrogens (tertiary/aromatic N) is 3. The van der Waals surface area contributed by atoms with E-state index in [9.17, 15) is 19.7 Å². The summed E-state index contributed by atoms with van der Waals surface area (Å²) in [7, 11) is 0. The van der Waals surface area contributed by atoms with Crippen molar-refractivity contribution in [2.24, 2.45) is 0 Å². The topological polar surface area (TPSA) is 122 Å². The first-order valence-electron chi connectivity index (χ1n) is 5.98. The normalized spacial score (nSPS) is 10.0. The van der Waals surface area contributed by atoms with Crippen LogP contribution in [0.4, 0.5) is 5.69 Å². The highest BCUT2D eigenvalue weighted by Crippen LogP contribution is 2.12. The van der Waals surface area contributed by atoms with Crippen LogP contribution >= 0.6 is 0 Å². The Morgan fingerprint density at radius 2 is 1.95 bits per heavy atom. The number of hydrogen-bond donors (Lipinski definition) is 1. The van der Waals surface area contributed by atoms with E-state index in [0.29, 0.717) is 6.42 Å². The van der Waals surface area contributed by atoms with Crippen molar-refractivity contribution >= 4 is 5.69 Å². The fraction of sp³-hybridized carbons (Fsp3) is 0.154. The van der Waals surface area contributed by atoms with Gasteiger partial charge in [-0.25, -0.2) is 4.79 Å². The van der Waals surface area contributed by atoms with Gasteiger partial charge in [-0.3, -0.25) is 24.5 Å². The van der Waals surface area contributed by atoms with Crippen LogP contribution in [-0.4, -0.2) is 14.5 Å². The molecule has 2 rings (SSSR count).